The number of hydrogen-bond acceptors (Lipinski definition) is 2. The van der Waals surface area contributed by atoms with Crippen LogP contribution in [0.3, 0.4) is 0 Å². The molecule has 0 unspecified atom stereocenters. The van der Waals surface area contributed by atoms with Crippen LogP contribution < -0.4 is 4.90 Å². The van der Waals surface area contributed by atoms with Gasteiger partial charge in [-0.25, -0.2) is 0 Å². The molecule has 0 aromatic heterocycles. The van der Waals surface area contributed by atoms with Gasteiger partial charge >= 0.3 is 0 Å². The molecule has 102 valence electrons. The van der Waals surface area contributed by atoms with Crippen molar-refractivity contribution in [3.05, 3.63) is 59.7 Å². The number of nitrogens with zero attached hydrogens (tertiary/aromatic N) is 1. The number of carbonyl (C=O) groups is 1. The van der Waals surface area contributed by atoms with Crippen LogP contribution in [0.15, 0.2) is 53.4 Å². The molecule has 0 bridgehead atoms. The second-order valence-electron chi connectivity index (χ2n) is 4.95. The van der Waals surface area contributed by atoms with E-state index in [9.17, 15) is 4.79 Å². The minimum Gasteiger partial charge on any atom is -0.307 e. The summed E-state index contributed by atoms with van der Waals surface area (Å²) in [4.78, 5) is 15.9. The number of benzene rings is 2. The topological polar surface area (TPSA) is 20.3 Å². The minimum absolute atomic E-state index is 0.0972. The van der Waals surface area contributed by atoms with Gasteiger partial charge in [0.15, 0.2) is 0 Å². The number of thioether (sulfide) groups is 1. The fourth-order valence-electron chi connectivity index (χ4n) is 2.50. The lowest BCUT2D eigenvalue weighted by Crippen LogP contribution is -2.31. The molecule has 0 saturated carbocycles. The van der Waals surface area contributed by atoms with Crippen LogP contribution in [0.4, 0.5) is 5.69 Å². The number of amides is 1. The van der Waals surface area contributed by atoms with Gasteiger partial charge in [-0.1, -0.05) is 30.3 Å². The monoisotopic (exact) mass is 283 g/mol. The molecule has 0 saturated heterocycles. The SMILES string of the molecule is Cc1cccc2c1SCCCN2C(=O)c1ccccc1. The van der Waals surface area contributed by atoms with E-state index in [-0.39, 0.29) is 5.91 Å². The summed E-state index contributed by atoms with van der Waals surface area (Å²) in [6, 6.07) is 15.7. The van der Waals surface area contributed by atoms with Crippen LogP contribution in [-0.2, 0) is 0 Å². The van der Waals surface area contributed by atoms with Crippen molar-refractivity contribution in [2.45, 2.75) is 18.2 Å². The number of rotatable bonds is 1. The van der Waals surface area contributed by atoms with E-state index in [0.717, 1.165) is 30.0 Å². The number of hydrogen-bond donors (Lipinski definition) is 0. The number of fused-ring (bicyclic) bond motifs is 1. The van der Waals surface area contributed by atoms with Gasteiger partial charge in [-0.05, 0) is 42.9 Å². The van der Waals surface area contributed by atoms with Crippen LogP contribution in [0.2, 0.25) is 0 Å². The normalized spacial score (nSPS) is 14.6. The Morgan fingerprint density at radius 2 is 1.90 bits per heavy atom. The predicted octanol–water partition coefficient (Wildman–Crippen LogP) is 4.14. The first-order valence-corrected chi connectivity index (χ1v) is 7.85. The van der Waals surface area contributed by atoms with Crippen molar-refractivity contribution < 1.29 is 4.79 Å². The molecular formula is C17H17NOS. The first-order valence-electron chi connectivity index (χ1n) is 6.87. The summed E-state index contributed by atoms with van der Waals surface area (Å²) >= 11 is 1.86. The van der Waals surface area contributed by atoms with Gasteiger partial charge in [0.2, 0.25) is 0 Å². The van der Waals surface area contributed by atoms with Crippen LogP contribution in [0.25, 0.3) is 0 Å². The summed E-state index contributed by atoms with van der Waals surface area (Å²) < 4.78 is 0. The molecule has 2 nitrogen and oxygen atoms in total. The van der Waals surface area contributed by atoms with Crippen molar-refractivity contribution in [2.75, 3.05) is 17.2 Å². The molecule has 2 aromatic carbocycles. The molecule has 20 heavy (non-hydrogen) atoms. The van der Waals surface area contributed by atoms with Gasteiger partial charge < -0.3 is 4.90 Å². The van der Waals surface area contributed by atoms with Crippen molar-refractivity contribution in [3.8, 4) is 0 Å². The highest BCUT2D eigenvalue weighted by atomic mass is 32.2. The van der Waals surface area contributed by atoms with Gasteiger partial charge in [0, 0.05) is 17.0 Å². The van der Waals surface area contributed by atoms with Crippen LogP contribution in [0.5, 0.6) is 0 Å². The number of carbonyl (C=O) groups excluding carboxylic acids is 1. The minimum atomic E-state index is 0.0972. The highest BCUT2D eigenvalue weighted by Gasteiger charge is 2.23. The molecule has 1 amide bonds. The van der Waals surface area contributed by atoms with E-state index in [1.54, 1.807) is 0 Å². The van der Waals surface area contributed by atoms with Gasteiger partial charge in [-0.3, -0.25) is 4.79 Å². The molecule has 0 fully saturated rings. The van der Waals surface area contributed by atoms with E-state index in [1.807, 2.05) is 53.1 Å². The van der Waals surface area contributed by atoms with Gasteiger partial charge in [-0.2, -0.15) is 0 Å². The second-order valence-corrected chi connectivity index (χ2v) is 6.05. The molecule has 2 aromatic rings. The summed E-state index contributed by atoms with van der Waals surface area (Å²) in [5.41, 5.74) is 3.06. The van der Waals surface area contributed by atoms with Crippen molar-refractivity contribution in [1.29, 1.82) is 0 Å². The lowest BCUT2D eigenvalue weighted by atomic mass is 10.1. The molecular weight excluding hydrogens is 266 g/mol. The molecule has 3 heteroatoms. The molecule has 1 heterocycles. The number of anilines is 1. The summed E-state index contributed by atoms with van der Waals surface area (Å²) in [6.07, 6.45) is 1.03. The van der Waals surface area contributed by atoms with Crippen molar-refractivity contribution in [2.24, 2.45) is 0 Å². The summed E-state index contributed by atoms with van der Waals surface area (Å²) in [7, 11) is 0. The summed E-state index contributed by atoms with van der Waals surface area (Å²) in [5.74, 6) is 1.16. The largest absolute Gasteiger partial charge is 0.307 e. The van der Waals surface area contributed by atoms with E-state index in [2.05, 4.69) is 19.1 Å². The quantitative estimate of drug-likeness (QED) is 0.784. The molecule has 0 atom stereocenters. The molecule has 0 radical (unpaired) electrons. The summed E-state index contributed by atoms with van der Waals surface area (Å²) in [6.45, 7) is 2.90. The Bertz CT molecular complexity index is 624. The number of aryl methyl sites for hydroxylation is 1. The Kier molecular flexibility index (Phi) is 3.79. The third-order valence-corrected chi connectivity index (χ3v) is 4.83. The van der Waals surface area contributed by atoms with Gasteiger partial charge in [0.25, 0.3) is 5.91 Å². The van der Waals surface area contributed by atoms with Gasteiger partial charge in [0.1, 0.15) is 0 Å². The van der Waals surface area contributed by atoms with Crippen LogP contribution >= 0.6 is 11.8 Å². The Hall–Kier alpha value is -1.74. The predicted molar refractivity (Wildman–Crippen MR) is 84.6 cm³/mol. The molecule has 1 aliphatic heterocycles. The first kappa shape index (κ1) is 13.3. The highest BCUT2D eigenvalue weighted by Crippen LogP contribution is 2.36. The zero-order valence-electron chi connectivity index (χ0n) is 11.5. The average Bonchev–Trinajstić information content (AvgIpc) is 2.71. The third kappa shape index (κ3) is 2.46. The standard InChI is InChI=1S/C17H17NOS/c1-13-7-5-10-15-16(13)20-12-6-11-18(15)17(19)14-8-3-2-4-9-14/h2-5,7-10H,6,11-12H2,1H3. The van der Waals surface area contributed by atoms with Crippen LogP contribution in [0.1, 0.15) is 22.3 Å². The Morgan fingerprint density at radius 1 is 1.10 bits per heavy atom. The van der Waals surface area contributed by atoms with Crippen molar-refractivity contribution in [1.82, 2.24) is 0 Å². The Balaban J connectivity index is 2.03. The van der Waals surface area contributed by atoms with Crippen molar-refractivity contribution >= 4 is 23.4 Å². The fourth-order valence-corrected chi connectivity index (χ4v) is 3.60. The van der Waals surface area contributed by atoms with E-state index >= 15 is 0 Å². The average molecular weight is 283 g/mol. The van der Waals surface area contributed by atoms with Crippen LogP contribution in [0, 0.1) is 6.92 Å². The maximum atomic E-state index is 12.7. The Labute approximate surface area is 123 Å². The van der Waals surface area contributed by atoms with Gasteiger partial charge in [0.05, 0.1) is 5.69 Å². The summed E-state index contributed by atoms with van der Waals surface area (Å²) in [5, 5.41) is 0. The zero-order chi connectivity index (χ0) is 13.9. The molecule has 3 rings (SSSR count). The van der Waals surface area contributed by atoms with E-state index in [4.69, 9.17) is 0 Å². The maximum absolute atomic E-state index is 12.7. The van der Waals surface area contributed by atoms with E-state index in [0.29, 0.717) is 0 Å². The van der Waals surface area contributed by atoms with E-state index in [1.165, 1.54) is 10.5 Å². The van der Waals surface area contributed by atoms with Crippen molar-refractivity contribution in [3.63, 3.8) is 0 Å². The fraction of sp³-hybridized carbons (Fsp3) is 0.235. The zero-order valence-corrected chi connectivity index (χ0v) is 12.3. The maximum Gasteiger partial charge on any atom is 0.258 e. The van der Waals surface area contributed by atoms with Gasteiger partial charge in [-0.15, -0.1) is 11.8 Å². The third-order valence-electron chi connectivity index (χ3n) is 3.52. The lowest BCUT2D eigenvalue weighted by molar-refractivity contribution is 0.0986. The first-order chi connectivity index (χ1) is 9.77. The lowest BCUT2D eigenvalue weighted by Gasteiger charge is -2.23. The molecule has 0 N–H and O–H groups in total. The second kappa shape index (κ2) is 5.71. The Morgan fingerprint density at radius 3 is 2.70 bits per heavy atom. The van der Waals surface area contributed by atoms with E-state index < -0.39 is 0 Å². The smallest absolute Gasteiger partial charge is 0.258 e. The highest BCUT2D eigenvalue weighted by molar-refractivity contribution is 7.99. The molecule has 0 aliphatic carbocycles. The molecule has 0 spiro atoms. The van der Waals surface area contributed by atoms with Crippen LogP contribution in [-0.4, -0.2) is 18.2 Å². The molecule has 1 aliphatic rings.